The van der Waals surface area contributed by atoms with E-state index in [1.54, 1.807) is 30.3 Å². The van der Waals surface area contributed by atoms with E-state index in [4.69, 9.17) is 11.6 Å². The minimum atomic E-state index is -0.492. The molecule has 1 heterocycles. The smallest absolute Gasteiger partial charge is 0.278 e. The van der Waals surface area contributed by atoms with Crippen LogP contribution in [0, 0.1) is 18.6 Å². The minimum Gasteiger partial charge on any atom is -0.350 e. The molecule has 0 aromatic heterocycles. The average Bonchev–Trinajstić information content (AvgIpc) is 3.00. The van der Waals surface area contributed by atoms with E-state index >= 15 is 0 Å². The Labute approximate surface area is 189 Å². The molecule has 0 aliphatic carbocycles. The van der Waals surface area contributed by atoms with Crippen molar-refractivity contribution in [3.05, 3.63) is 106 Å². The number of benzene rings is 3. The number of halogens is 3. The maximum Gasteiger partial charge on any atom is 0.278 e. The number of aryl methyl sites for hydroxylation is 1. The molecule has 7 heteroatoms. The van der Waals surface area contributed by atoms with E-state index < -0.39 is 17.6 Å². The molecule has 1 N–H and O–H groups in total. The fourth-order valence-corrected chi connectivity index (χ4v) is 3.67. The van der Waals surface area contributed by atoms with Gasteiger partial charge < -0.3 is 5.32 Å². The Balaban J connectivity index is 1.66. The number of nitrogens with one attached hydrogen (secondary N) is 1. The molecule has 4 nitrogen and oxygen atoms in total. The Morgan fingerprint density at radius 2 is 1.50 bits per heavy atom. The number of anilines is 1. The van der Waals surface area contributed by atoms with Crippen LogP contribution in [0.1, 0.15) is 16.7 Å². The molecule has 1 aliphatic heterocycles. The molecular weight excluding hydrogens is 434 g/mol. The van der Waals surface area contributed by atoms with E-state index in [0.717, 1.165) is 16.0 Å². The second-order valence-electron chi connectivity index (χ2n) is 7.48. The summed E-state index contributed by atoms with van der Waals surface area (Å²) < 4.78 is 26.6. The summed E-state index contributed by atoms with van der Waals surface area (Å²) in [4.78, 5) is 27.6. The highest BCUT2D eigenvalue weighted by atomic mass is 35.5. The zero-order valence-corrected chi connectivity index (χ0v) is 17.9. The van der Waals surface area contributed by atoms with Crippen molar-refractivity contribution in [3.8, 4) is 0 Å². The number of carbonyl (C=O) groups excluding carboxylic acids is 2. The number of hydrogen-bond acceptors (Lipinski definition) is 3. The maximum absolute atomic E-state index is 13.5. The second-order valence-corrected chi connectivity index (χ2v) is 7.89. The maximum atomic E-state index is 13.5. The van der Waals surface area contributed by atoms with Gasteiger partial charge in [0.15, 0.2) is 0 Å². The number of nitrogens with zero attached hydrogens (tertiary/aromatic N) is 1. The topological polar surface area (TPSA) is 49.4 Å². The normalized spacial score (nSPS) is 13.8. The van der Waals surface area contributed by atoms with Crippen molar-refractivity contribution in [1.29, 1.82) is 0 Å². The molecule has 0 fully saturated rings. The molecule has 0 saturated carbocycles. The number of imide groups is 1. The van der Waals surface area contributed by atoms with Gasteiger partial charge in [-0.1, -0.05) is 41.9 Å². The van der Waals surface area contributed by atoms with Gasteiger partial charge in [0.25, 0.3) is 11.8 Å². The third kappa shape index (κ3) is 4.41. The van der Waals surface area contributed by atoms with Crippen LogP contribution in [-0.4, -0.2) is 23.3 Å². The monoisotopic (exact) mass is 452 g/mol. The highest BCUT2D eigenvalue weighted by Crippen LogP contribution is 2.31. The van der Waals surface area contributed by atoms with Gasteiger partial charge in [0, 0.05) is 17.3 Å². The van der Waals surface area contributed by atoms with Crippen LogP contribution in [0.2, 0.25) is 5.02 Å². The van der Waals surface area contributed by atoms with Crippen LogP contribution in [-0.2, 0) is 16.0 Å². The number of hydrogen-bond donors (Lipinski definition) is 1. The lowest BCUT2D eigenvalue weighted by Crippen LogP contribution is -2.34. The van der Waals surface area contributed by atoms with Crippen LogP contribution in [0.3, 0.4) is 0 Å². The van der Waals surface area contributed by atoms with E-state index in [-0.39, 0.29) is 23.6 Å². The first-order valence-electron chi connectivity index (χ1n) is 9.97. The van der Waals surface area contributed by atoms with E-state index in [9.17, 15) is 18.4 Å². The Morgan fingerprint density at radius 3 is 2.12 bits per heavy atom. The van der Waals surface area contributed by atoms with Crippen LogP contribution in [0.5, 0.6) is 0 Å². The van der Waals surface area contributed by atoms with Crippen molar-refractivity contribution in [2.75, 3.05) is 11.9 Å². The lowest BCUT2D eigenvalue weighted by atomic mass is 10.0. The van der Waals surface area contributed by atoms with E-state index in [2.05, 4.69) is 5.32 Å². The molecule has 2 amide bonds. The average molecular weight is 453 g/mol. The van der Waals surface area contributed by atoms with Gasteiger partial charge in [0.1, 0.15) is 17.3 Å². The van der Waals surface area contributed by atoms with Crippen molar-refractivity contribution >= 4 is 34.7 Å². The number of rotatable bonds is 6. The number of carbonyl (C=O) groups is 2. The Morgan fingerprint density at radius 1 is 0.875 bits per heavy atom. The highest BCUT2D eigenvalue weighted by molar-refractivity contribution is 6.36. The SMILES string of the molecule is Cc1ccc(NC2=C(c3ccc(F)cc3)C(=O)N(CCc3ccc(F)cc3)C2=O)cc1Cl. The molecule has 4 rings (SSSR count). The molecule has 0 unspecified atom stereocenters. The standard InChI is InChI=1S/C25H19ClF2N2O2/c1-15-2-11-20(14-21(15)26)29-23-22(17-5-9-19(28)10-6-17)24(31)30(25(23)32)13-12-16-3-7-18(27)8-4-16/h2-11,14,29H,12-13H2,1H3. The van der Waals surface area contributed by atoms with Crippen LogP contribution in [0.4, 0.5) is 14.5 Å². The van der Waals surface area contributed by atoms with Crippen LogP contribution >= 0.6 is 11.6 Å². The van der Waals surface area contributed by atoms with Gasteiger partial charge in [0.2, 0.25) is 0 Å². The molecule has 0 saturated heterocycles. The predicted molar refractivity (Wildman–Crippen MR) is 120 cm³/mol. The van der Waals surface area contributed by atoms with Crippen molar-refractivity contribution in [2.24, 2.45) is 0 Å². The molecule has 1 aliphatic rings. The summed E-state index contributed by atoms with van der Waals surface area (Å²) >= 11 is 6.21. The summed E-state index contributed by atoms with van der Waals surface area (Å²) in [6.07, 6.45) is 0.373. The van der Waals surface area contributed by atoms with Crippen LogP contribution in [0.25, 0.3) is 5.57 Å². The van der Waals surface area contributed by atoms with E-state index in [1.165, 1.54) is 36.4 Å². The van der Waals surface area contributed by atoms with Crippen molar-refractivity contribution in [3.63, 3.8) is 0 Å². The minimum absolute atomic E-state index is 0.0978. The number of amides is 2. The van der Waals surface area contributed by atoms with Crippen molar-refractivity contribution in [2.45, 2.75) is 13.3 Å². The van der Waals surface area contributed by atoms with Gasteiger partial charge in [-0.15, -0.1) is 0 Å². The molecule has 32 heavy (non-hydrogen) atoms. The second kappa shape index (κ2) is 8.93. The fraction of sp³-hybridized carbons (Fsp3) is 0.120. The lowest BCUT2D eigenvalue weighted by Gasteiger charge is -2.15. The highest BCUT2D eigenvalue weighted by Gasteiger charge is 2.39. The van der Waals surface area contributed by atoms with Gasteiger partial charge in [0.05, 0.1) is 5.57 Å². The summed E-state index contributed by atoms with van der Waals surface area (Å²) in [6.45, 7) is 1.98. The summed E-state index contributed by atoms with van der Waals surface area (Å²) in [7, 11) is 0. The van der Waals surface area contributed by atoms with Gasteiger partial charge in [-0.25, -0.2) is 8.78 Å². The molecule has 162 valence electrons. The van der Waals surface area contributed by atoms with E-state index in [0.29, 0.717) is 22.7 Å². The van der Waals surface area contributed by atoms with Crippen LogP contribution in [0.15, 0.2) is 72.4 Å². The van der Waals surface area contributed by atoms with Crippen LogP contribution < -0.4 is 5.32 Å². The zero-order chi connectivity index (χ0) is 22.8. The summed E-state index contributed by atoms with van der Waals surface area (Å²) in [6, 6.07) is 16.5. The summed E-state index contributed by atoms with van der Waals surface area (Å²) in [5.41, 5.74) is 2.90. The summed E-state index contributed by atoms with van der Waals surface area (Å²) in [5, 5.41) is 3.55. The quantitative estimate of drug-likeness (QED) is 0.512. The molecule has 3 aromatic carbocycles. The van der Waals surface area contributed by atoms with Gasteiger partial charge in [-0.3, -0.25) is 14.5 Å². The van der Waals surface area contributed by atoms with Crippen molar-refractivity contribution < 1.29 is 18.4 Å². The Hall–Kier alpha value is -3.51. The van der Waals surface area contributed by atoms with E-state index in [1.807, 2.05) is 6.92 Å². The molecular formula is C25H19ClF2N2O2. The third-order valence-corrected chi connectivity index (χ3v) is 5.69. The summed E-state index contributed by atoms with van der Waals surface area (Å²) in [5.74, 6) is -1.78. The lowest BCUT2D eigenvalue weighted by molar-refractivity contribution is -0.136. The first kappa shape index (κ1) is 21.7. The molecule has 0 bridgehead atoms. The third-order valence-electron chi connectivity index (χ3n) is 5.28. The Bertz CT molecular complexity index is 1220. The molecule has 0 radical (unpaired) electrons. The van der Waals surface area contributed by atoms with Crippen molar-refractivity contribution in [1.82, 2.24) is 4.90 Å². The Kier molecular flexibility index (Phi) is 6.06. The van der Waals surface area contributed by atoms with Gasteiger partial charge >= 0.3 is 0 Å². The molecule has 0 spiro atoms. The first-order chi connectivity index (χ1) is 15.3. The molecule has 3 aromatic rings. The molecule has 0 atom stereocenters. The van der Waals surface area contributed by atoms with Gasteiger partial charge in [-0.05, 0) is 66.4 Å². The zero-order valence-electron chi connectivity index (χ0n) is 17.2. The fourth-order valence-electron chi connectivity index (χ4n) is 3.49. The largest absolute Gasteiger partial charge is 0.350 e. The van der Waals surface area contributed by atoms with Gasteiger partial charge in [-0.2, -0.15) is 0 Å². The first-order valence-corrected chi connectivity index (χ1v) is 10.4. The predicted octanol–water partition coefficient (Wildman–Crippen LogP) is 5.36.